The molecular formula is C45H49N11O5. The van der Waals surface area contributed by atoms with Crippen molar-refractivity contribution in [3.63, 3.8) is 0 Å². The molecule has 0 spiro atoms. The number of pyridine rings is 1. The zero-order chi connectivity index (χ0) is 41.8. The number of hydrogen-bond donors (Lipinski definition) is 3. The Bertz CT molecular complexity index is 2610. The average molecular weight is 824 g/mol. The summed E-state index contributed by atoms with van der Waals surface area (Å²) in [4.78, 5) is 74.1. The number of carbonyl (C=O) groups is 3. The number of allylic oxidation sites excluding steroid dienone is 1. The summed E-state index contributed by atoms with van der Waals surface area (Å²) in [6.45, 7) is 11.2. The number of rotatable bonds is 10. The summed E-state index contributed by atoms with van der Waals surface area (Å²) in [5.41, 5.74) is 6.52. The second-order valence-corrected chi connectivity index (χ2v) is 16.8. The highest BCUT2D eigenvalue weighted by molar-refractivity contribution is 6.06. The normalized spacial score (nSPS) is 20.9. The first-order chi connectivity index (χ1) is 29.7. The predicted molar refractivity (Wildman–Crippen MR) is 230 cm³/mol. The number of piperidine rings is 2. The second-order valence-electron chi connectivity index (χ2n) is 16.8. The van der Waals surface area contributed by atoms with Gasteiger partial charge in [-0.25, -0.2) is 19.3 Å². The van der Waals surface area contributed by atoms with Gasteiger partial charge in [-0.05, 0) is 86.1 Å². The van der Waals surface area contributed by atoms with Crippen LogP contribution in [-0.2, 0) is 29.1 Å². The average Bonchev–Trinajstić information content (AvgIpc) is 3.91. The van der Waals surface area contributed by atoms with E-state index in [0.717, 1.165) is 87.6 Å². The van der Waals surface area contributed by atoms with E-state index < -0.39 is 12.1 Å². The van der Waals surface area contributed by atoms with Crippen LogP contribution in [0.15, 0.2) is 78.2 Å². The fourth-order valence-electron chi connectivity index (χ4n) is 9.81. The summed E-state index contributed by atoms with van der Waals surface area (Å²) in [6.07, 6.45) is 6.80. The van der Waals surface area contributed by atoms with Crippen molar-refractivity contribution in [3.05, 3.63) is 106 Å². The van der Waals surface area contributed by atoms with Crippen molar-refractivity contribution in [2.45, 2.75) is 63.8 Å². The van der Waals surface area contributed by atoms with Crippen molar-refractivity contribution >= 4 is 51.8 Å². The van der Waals surface area contributed by atoms with Crippen LogP contribution >= 0.6 is 0 Å². The van der Waals surface area contributed by atoms with Crippen LogP contribution in [0.4, 0.5) is 23.0 Å². The summed E-state index contributed by atoms with van der Waals surface area (Å²) >= 11 is 0. The van der Waals surface area contributed by atoms with Gasteiger partial charge in [-0.15, -0.1) is 6.58 Å². The molecule has 10 rings (SSSR count). The van der Waals surface area contributed by atoms with Gasteiger partial charge in [0.1, 0.15) is 11.4 Å². The molecule has 5 aromatic rings. The molecule has 2 atom stereocenters. The van der Waals surface area contributed by atoms with Crippen LogP contribution in [0.3, 0.4) is 0 Å². The van der Waals surface area contributed by atoms with E-state index in [1.165, 1.54) is 10.4 Å². The summed E-state index contributed by atoms with van der Waals surface area (Å²) in [6, 6.07) is 17.4. The highest BCUT2D eigenvalue weighted by Gasteiger charge is 2.40. The number of piperazine rings is 1. The lowest BCUT2D eigenvalue weighted by molar-refractivity contribution is -0.136. The topological polar surface area (TPSA) is 174 Å². The van der Waals surface area contributed by atoms with Crippen molar-refractivity contribution < 1.29 is 19.5 Å². The van der Waals surface area contributed by atoms with Gasteiger partial charge in [0, 0.05) is 93.2 Å². The number of aryl methyl sites for hydroxylation is 1. The first kappa shape index (κ1) is 38.8. The number of anilines is 4. The van der Waals surface area contributed by atoms with E-state index in [1.54, 1.807) is 21.9 Å². The van der Waals surface area contributed by atoms with Crippen LogP contribution in [0.5, 0.6) is 0 Å². The van der Waals surface area contributed by atoms with Crippen molar-refractivity contribution in [3.8, 4) is 5.82 Å². The van der Waals surface area contributed by atoms with Crippen molar-refractivity contribution in [1.82, 2.24) is 39.4 Å². The minimum Gasteiger partial charge on any atom is -0.387 e. The van der Waals surface area contributed by atoms with Crippen LogP contribution in [0, 0.1) is 5.92 Å². The van der Waals surface area contributed by atoms with E-state index in [-0.39, 0.29) is 36.2 Å². The third-order valence-corrected chi connectivity index (χ3v) is 13.1. The lowest BCUT2D eigenvalue weighted by Gasteiger charge is -2.40. The molecule has 16 heteroatoms. The maximum atomic E-state index is 13.4. The molecule has 3 fully saturated rings. The van der Waals surface area contributed by atoms with Gasteiger partial charge in [-0.3, -0.25) is 29.4 Å². The van der Waals surface area contributed by atoms with E-state index in [2.05, 4.69) is 55.1 Å². The molecule has 7 heterocycles. The number of aliphatic hydroxyl groups excluding tert-OH is 1. The van der Waals surface area contributed by atoms with Crippen molar-refractivity contribution in [2.75, 3.05) is 60.9 Å². The fourth-order valence-corrected chi connectivity index (χ4v) is 9.81. The predicted octanol–water partition coefficient (Wildman–Crippen LogP) is 3.69. The van der Waals surface area contributed by atoms with Crippen LogP contribution in [0.2, 0.25) is 0 Å². The third-order valence-electron chi connectivity index (χ3n) is 13.1. The Morgan fingerprint density at radius 3 is 2.44 bits per heavy atom. The molecule has 2 unspecified atom stereocenters. The fraction of sp³-hybridized carbons (Fsp3) is 0.400. The van der Waals surface area contributed by atoms with Crippen LogP contribution < -0.4 is 26.0 Å². The summed E-state index contributed by atoms with van der Waals surface area (Å²) in [5.74, 6) is 0.674. The van der Waals surface area contributed by atoms with Gasteiger partial charge >= 0.3 is 0 Å². The molecule has 61 heavy (non-hydrogen) atoms. The number of nitrogens with one attached hydrogen (secondary N) is 2. The first-order valence-electron chi connectivity index (χ1n) is 21.4. The number of benzene rings is 2. The number of carbonyl (C=O) groups excluding carboxylic acids is 3. The number of imide groups is 1. The SMILES string of the molecule is C=CCn1c(=O)c2cnc(Nc3ccc(N4CCC(CN5CCN(c6cccc7c6CN(C6CCC(=O)NC6=O)C7=O)CC5)CC4)cc3)nc2n1-c1ccc2c(n1)C(O)CC2. The van der Waals surface area contributed by atoms with E-state index in [9.17, 15) is 24.3 Å². The van der Waals surface area contributed by atoms with Crippen molar-refractivity contribution in [2.24, 2.45) is 5.92 Å². The molecule has 314 valence electrons. The smallest absolute Gasteiger partial charge is 0.278 e. The van der Waals surface area contributed by atoms with Gasteiger partial charge in [0.15, 0.2) is 11.5 Å². The molecule has 0 bridgehead atoms. The summed E-state index contributed by atoms with van der Waals surface area (Å²) < 4.78 is 3.22. The van der Waals surface area contributed by atoms with Crippen molar-refractivity contribution in [1.29, 1.82) is 0 Å². The van der Waals surface area contributed by atoms with E-state index in [4.69, 9.17) is 9.97 Å². The third kappa shape index (κ3) is 7.22. The molecule has 2 aromatic carbocycles. The summed E-state index contributed by atoms with van der Waals surface area (Å²) in [7, 11) is 0. The molecule has 5 aliphatic rings. The standard InChI is InChI=1S/C45H49N11O5/c1-2-18-55-44(61)33-25-46-45(50-41(33)56(55)38-14-7-29-6-13-37(57)40(29)48-38)47-30-8-10-31(11-9-30)52-19-16-28(17-20-52)26-51-21-23-53(24-22-51)35-5-3-4-32-34(35)27-54(43(32)60)36-12-15-39(58)49-42(36)59/h2-5,7-11,14,25,28,36-37,57H,1,6,12-13,15-24,26-27H2,(H,46,47,50)(H,49,58,59). The quantitative estimate of drug-likeness (QED) is 0.138. The molecule has 0 saturated carbocycles. The van der Waals surface area contributed by atoms with Gasteiger partial charge in [-0.1, -0.05) is 18.2 Å². The lowest BCUT2D eigenvalue weighted by Crippen LogP contribution is -2.52. The minimum absolute atomic E-state index is 0.135. The number of aliphatic hydroxyl groups is 1. The van der Waals surface area contributed by atoms with Crippen LogP contribution in [0.25, 0.3) is 16.9 Å². The highest BCUT2D eigenvalue weighted by Crippen LogP contribution is 2.35. The van der Waals surface area contributed by atoms with Crippen LogP contribution in [-0.4, -0.2) is 109 Å². The molecule has 0 radical (unpaired) electrons. The maximum Gasteiger partial charge on any atom is 0.278 e. The van der Waals surface area contributed by atoms with Gasteiger partial charge in [0.05, 0.1) is 18.3 Å². The minimum atomic E-state index is -0.631. The Labute approximate surface area is 352 Å². The Morgan fingerprint density at radius 1 is 0.869 bits per heavy atom. The first-order valence-corrected chi connectivity index (χ1v) is 21.4. The van der Waals surface area contributed by atoms with Gasteiger partial charge in [-0.2, -0.15) is 4.98 Å². The van der Waals surface area contributed by atoms with Gasteiger partial charge in [0.2, 0.25) is 17.8 Å². The molecule has 3 saturated heterocycles. The molecule has 1 aliphatic carbocycles. The van der Waals surface area contributed by atoms with Gasteiger partial charge in [0.25, 0.3) is 11.5 Å². The number of fused-ring (bicyclic) bond motifs is 3. The molecule has 3 N–H and O–H groups in total. The van der Waals surface area contributed by atoms with Crippen LogP contribution in [0.1, 0.15) is 65.4 Å². The Balaban J connectivity index is 0.738. The van der Waals surface area contributed by atoms with Gasteiger partial charge < -0.3 is 25.1 Å². The highest BCUT2D eigenvalue weighted by atomic mass is 16.3. The van der Waals surface area contributed by atoms with E-state index >= 15 is 0 Å². The zero-order valence-corrected chi connectivity index (χ0v) is 34.0. The maximum absolute atomic E-state index is 13.4. The Kier molecular flexibility index (Phi) is 10.1. The molecular weight excluding hydrogens is 775 g/mol. The Hall–Kier alpha value is -6.39. The number of nitrogens with zero attached hydrogens (tertiary/aromatic N) is 9. The molecule has 3 amide bonds. The zero-order valence-electron chi connectivity index (χ0n) is 34.0. The Morgan fingerprint density at radius 2 is 1.67 bits per heavy atom. The monoisotopic (exact) mass is 823 g/mol. The second kappa shape index (κ2) is 15.9. The molecule has 3 aromatic heterocycles. The summed E-state index contributed by atoms with van der Waals surface area (Å²) in [5, 5.41) is 16.6. The van der Waals surface area contributed by atoms with E-state index in [1.807, 2.05) is 36.4 Å². The number of aromatic nitrogens is 5. The number of amides is 3. The molecule has 4 aliphatic heterocycles. The van der Waals surface area contributed by atoms with E-state index in [0.29, 0.717) is 59.4 Å². The number of hydrogen-bond acceptors (Lipinski definition) is 12. The largest absolute Gasteiger partial charge is 0.387 e. The lowest BCUT2D eigenvalue weighted by atomic mass is 9.95. The molecule has 16 nitrogen and oxygen atoms in total.